The third-order valence-corrected chi connectivity index (χ3v) is 0. The molecule has 5 heteroatoms. The van der Waals surface area contributed by atoms with Crippen molar-refractivity contribution in [3.05, 3.63) is 0 Å². The first-order chi connectivity index (χ1) is 2.41. The Morgan fingerprint density at radius 3 is 1.20 bits per heavy atom. The van der Waals surface area contributed by atoms with E-state index in [1.807, 2.05) is 0 Å². The van der Waals surface area contributed by atoms with Gasteiger partial charge in [-0.05, 0) is 0 Å². The molecular formula is Cl3CuK. The molecular weight excluding hydrogens is 209 g/mol. The van der Waals surface area contributed by atoms with Crippen molar-refractivity contribution >= 4 is 71.1 Å². The summed E-state index contributed by atoms with van der Waals surface area (Å²) in [5.41, 5.74) is 0. The zero-order chi connectivity index (χ0) is 4.71. The third kappa shape index (κ3) is 19.4. The fraction of sp³-hybridized carbons (Fsp3) is 0. The summed E-state index contributed by atoms with van der Waals surface area (Å²) in [6, 6.07) is 0. The zero-order valence-electron chi connectivity index (χ0n) is 2.44. The Bertz CT molecular complexity index is 6.85. The Morgan fingerprint density at radius 1 is 1.20 bits per heavy atom. The van der Waals surface area contributed by atoms with E-state index in [2.05, 4.69) is 20.2 Å². The van der Waals surface area contributed by atoms with Gasteiger partial charge in [-0.25, -0.2) is 0 Å². The molecule has 5 heavy (non-hydrogen) atoms. The van der Waals surface area contributed by atoms with E-state index in [1.165, 1.54) is 0 Å². The molecule has 0 nitrogen and oxygen atoms in total. The van der Waals surface area contributed by atoms with Gasteiger partial charge in [0.1, 0.15) is 0 Å². The van der Waals surface area contributed by atoms with Crippen molar-refractivity contribution in [3.63, 3.8) is 0 Å². The van der Waals surface area contributed by atoms with Gasteiger partial charge in [-0.2, -0.15) is 0 Å². The molecule has 0 radical (unpaired) electrons. The summed E-state index contributed by atoms with van der Waals surface area (Å²) < 4.78 is 4.83. The molecule has 0 aliphatic heterocycles. The zero-order valence-corrected chi connectivity index (χ0v) is 8.77. The Kier molecular flexibility index (Phi) is 34.3. The monoisotopic (exact) mass is 207 g/mol. The van der Waals surface area contributed by atoms with Gasteiger partial charge in [-0.3, -0.25) is 0 Å². The van der Waals surface area contributed by atoms with Gasteiger partial charge in [0.2, 0.25) is 0 Å². The van der Waals surface area contributed by atoms with E-state index in [1.54, 1.807) is 0 Å². The molecule has 0 heterocycles. The molecule has 0 aliphatic carbocycles. The SMILES string of the molecule is [Cl][Cu][Cl].[Cl][K]. The molecule has 0 aromatic rings. The van der Waals surface area contributed by atoms with E-state index >= 15 is 0 Å². The van der Waals surface area contributed by atoms with Crippen molar-refractivity contribution in [2.45, 2.75) is 0 Å². The van der Waals surface area contributed by atoms with Crippen molar-refractivity contribution in [1.82, 2.24) is 0 Å². The summed E-state index contributed by atoms with van der Waals surface area (Å²) >= 11 is 1.29. The van der Waals surface area contributed by atoms with Gasteiger partial charge < -0.3 is 0 Å². The molecule has 0 N–H and O–H groups in total. The second kappa shape index (κ2) is 15.7. The average molecular weight is 209 g/mol. The molecule has 0 rings (SSSR count). The molecule has 0 bridgehead atoms. The van der Waals surface area contributed by atoms with Crippen LogP contribution >= 0.6 is 24.0 Å². The van der Waals surface area contributed by atoms with Crippen LogP contribution in [0.4, 0.5) is 0 Å². The maximum atomic E-state index is 4.83. The summed E-state index contributed by atoms with van der Waals surface area (Å²) in [5.74, 6) is 0. The Morgan fingerprint density at radius 2 is 1.20 bits per heavy atom. The predicted octanol–water partition coefficient (Wildman–Crippen LogP) is 1.69. The van der Waals surface area contributed by atoms with Crippen molar-refractivity contribution in [1.29, 1.82) is 0 Å². The van der Waals surface area contributed by atoms with Gasteiger partial charge in [0.15, 0.2) is 0 Å². The average Bonchev–Trinajstić information content (AvgIpc) is 1.46. The first-order valence-electron chi connectivity index (χ1n) is 0.606. The van der Waals surface area contributed by atoms with Crippen LogP contribution in [0.1, 0.15) is 0 Å². The standard InChI is InChI=1S/3ClH.Cu.K/h3*1H;;/q;;;+2;+1/p-3. The van der Waals surface area contributed by atoms with Crippen LogP contribution in [0, 0.1) is 0 Å². The van der Waals surface area contributed by atoms with E-state index in [0.717, 1.165) is 13.1 Å². The van der Waals surface area contributed by atoms with Crippen molar-refractivity contribution < 1.29 is 13.1 Å². The topological polar surface area (TPSA) is 0 Å². The molecule has 0 spiro atoms. The van der Waals surface area contributed by atoms with Gasteiger partial charge in [-0.15, -0.1) is 0 Å². The summed E-state index contributed by atoms with van der Waals surface area (Å²) in [6.45, 7) is 0. The summed E-state index contributed by atoms with van der Waals surface area (Å²) in [5, 5.41) is 0. The quantitative estimate of drug-likeness (QED) is 0.532. The fourth-order valence-corrected chi connectivity index (χ4v) is 0. The van der Waals surface area contributed by atoms with Crippen LogP contribution in [0.2, 0.25) is 0 Å². The first kappa shape index (κ1) is 10.9. The molecule has 0 unspecified atom stereocenters. The Hall–Kier alpha value is 3.03. The predicted molar refractivity (Wildman–Crippen MR) is 23.3 cm³/mol. The van der Waals surface area contributed by atoms with Crippen LogP contribution in [0.25, 0.3) is 0 Å². The molecule has 0 aromatic carbocycles. The normalized spacial score (nSPS) is 5.80. The van der Waals surface area contributed by atoms with Crippen molar-refractivity contribution in [2.24, 2.45) is 0 Å². The number of hydrogen-bond acceptors (Lipinski definition) is 0. The van der Waals surface area contributed by atoms with E-state index in [0.29, 0.717) is 47.1 Å². The van der Waals surface area contributed by atoms with Crippen molar-refractivity contribution in [2.75, 3.05) is 0 Å². The fourth-order valence-electron chi connectivity index (χ4n) is 0. The molecule has 0 saturated carbocycles. The van der Waals surface area contributed by atoms with E-state index in [9.17, 15) is 0 Å². The van der Waals surface area contributed by atoms with Crippen LogP contribution < -0.4 is 0 Å². The first-order valence-corrected chi connectivity index (χ1v) is 7.49. The second-order valence-corrected chi connectivity index (χ2v) is 1.60. The third-order valence-electron chi connectivity index (χ3n) is 0. The summed E-state index contributed by atoms with van der Waals surface area (Å²) in [4.78, 5) is 0. The molecule has 0 aliphatic rings. The molecule has 0 atom stereocenters. The van der Waals surface area contributed by atoms with Gasteiger partial charge >= 0.3 is 84.2 Å². The van der Waals surface area contributed by atoms with E-state index in [4.69, 9.17) is 3.76 Å². The van der Waals surface area contributed by atoms with Crippen LogP contribution in [-0.2, 0) is 13.1 Å². The minimum absolute atomic E-state index is 0.535. The molecule has 0 amide bonds. The van der Waals surface area contributed by atoms with Crippen LogP contribution in [0.5, 0.6) is 0 Å². The van der Waals surface area contributed by atoms with Crippen LogP contribution in [0.3, 0.4) is 0 Å². The second-order valence-electron chi connectivity index (χ2n) is 0.0431. The minimum atomic E-state index is 0.535. The van der Waals surface area contributed by atoms with Crippen LogP contribution in [0.15, 0.2) is 0 Å². The van der Waals surface area contributed by atoms with Gasteiger partial charge in [0, 0.05) is 0 Å². The van der Waals surface area contributed by atoms with Crippen molar-refractivity contribution in [3.8, 4) is 0 Å². The van der Waals surface area contributed by atoms with Crippen LogP contribution in [-0.4, -0.2) is 47.1 Å². The molecule has 0 aromatic heterocycles. The summed E-state index contributed by atoms with van der Waals surface area (Å²) in [6.07, 6.45) is 0. The number of rotatable bonds is 0. The molecule has 33 valence electrons. The number of hydrogen-bond donors (Lipinski definition) is 0. The molecule has 0 fully saturated rings. The Labute approximate surface area is 81.9 Å². The maximum absolute atomic E-state index is 4.83. The van der Waals surface area contributed by atoms with E-state index in [-0.39, 0.29) is 0 Å². The Balaban J connectivity index is 0. The van der Waals surface area contributed by atoms with Gasteiger partial charge in [0.25, 0.3) is 0 Å². The van der Waals surface area contributed by atoms with Gasteiger partial charge in [-0.1, -0.05) is 0 Å². The molecule has 0 saturated heterocycles. The van der Waals surface area contributed by atoms with Gasteiger partial charge in [0.05, 0.1) is 0 Å². The summed E-state index contributed by atoms with van der Waals surface area (Å²) in [7, 11) is 9.34. The van der Waals surface area contributed by atoms with E-state index < -0.39 is 0 Å². The number of halogens is 3.